The van der Waals surface area contributed by atoms with Gasteiger partial charge < -0.3 is 15.0 Å². The van der Waals surface area contributed by atoms with E-state index in [2.05, 4.69) is 5.32 Å². The van der Waals surface area contributed by atoms with Gasteiger partial charge in [-0.2, -0.15) is 0 Å². The predicted octanol–water partition coefficient (Wildman–Crippen LogP) is 6.10. The molecule has 1 fully saturated rings. The molecule has 34 heavy (non-hydrogen) atoms. The zero-order valence-corrected chi connectivity index (χ0v) is 22.0. The van der Waals surface area contributed by atoms with E-state index < -0.39 is 6.04 Å². The predicted molar refractivity (Wildman–Crippen MR) is 141 cm³/mol. The Kier molecular flexibility index (Phi) is 10.4. The molecule has 0 heterocycles. The van der Waals surface area contributed by atoms with E-state index in [1.807, 2.05) is 24.3 Å². The maximum atomic E-state index is 13.3. The van der Waals surface area contributed by atoms with E-state index in [1.165, 1.54) is 18.2 Å². The van der Waals surface area contributed by atoms with Gasteiger partial charge in [-0.25, -0.2) is 0 Å². The van der Waals surface area contributed by atoms with Crippen LogP contribution in [0.2, 0.25) is 10.0 Å². The molecule has 2 amide bonds. The summed E-state index contributed by atoms with van der Waals surface area (Å²) in [6.45, 7) is 2.14. The van der Waals surface area contributed by atoms with Gasteiger partial charge in [0.05, 0.1) is 12.9 Å². The Morgan fingerprint density at radius 1 is 1.09 bits per heavy atom. The Labute approximate surface area is 216 Å². The van der Waals surface area contributed by atoms with Crippen molar-refractivity contribution in [3.8, 4) is 5.75 Å². The zero-order chi connectivity index (χ0) is 24.5. The summed E-state index contributed by atoms with van der Waals surface area (Å²) in [6, 6.07) is 12.5. The van der Waals surface area contributed by atoms with Gasteiger partial charge in [0, 0.05) is 28.4 Å². The number of hydrogen-bond acceptors (Lipinski definition) is 4. The highest BCUT2D eigenvalue weighted by molar-refractivity contribution is 7.99. The molecule has 2 aromatic rings. The van der Waals surface area contributed by atoms with E-state index in [9.17, 15) is 9.59 Å². The third-order valence-corrected chi connectivity index (χ3v) is 7.82. The summed E-state index contributed by atoms with van der Waals surface area (Å²) in [5.41, 5.74) is 1.75. The highest BCUT2D eigenvalue weighted by Crippen LogP contribution is 2.28. The van der Waals surface area contributed by atoms with Gasteiger partial charge in [-0.15, -0.1) is 11.8 Å². The smallest absolute Gasteiger partial charge is 0.242 e. The monoisotopic (exact) mass is 522 g/mol. The molecule has 2 aromatic carbocycles. The largest absolute Gasteiger partial charge is 0.497 e. The summed E-state index contributed by atoms with van der Waals surface area (Å²) in [5.74, 6) is 1.28. The highest BCUT2D eigenvalue weighted by Gasteiger charge is 2.28. The fourth-order valence-electron chi connectivity index (χ4n) is 4.07. The normalized spacial score (nSPS) is 14.9. The van der Waals surface area contributed by atoms with Crippen LogP contribution in [0.15, 0.2) is 42.5 Å². The standard InChI is InChI=1S/C26H32Cl2N2O3S/c1-18(26(32)29-20-7-4-3-5-8-20)30(15-19-11-13-21(33-2)14-12-19)25(31)17-34-16-22-23(27)9-6-10-24(22)28/h6,9-14,18,20H,3-5,7-8,15-17H2,1-2H3,(H,29,32). The third kappa shape index (κ3) is 7.56. The van der Waals surface area contributed by atoms with Crippen LogP contribution >= 0.6 is 35.0 Å². The number of nitrogens with one attached hydrogen (secondary N) is 1. The molecule has 1 aliphatic carbocycles. The molecule has 0 radical (unpaired) electrons. The fourth-order valence-corrected chi connectivity index (χ4v) is 5.72. The molecular formula is C26H32Cl2N2O3S. The number of nitrogens with zero attached hydrogens (tertiary/aromatic N) is 1. The number of methoxy groups -OCH3 is 1. The second-order valence-electron chi connectivity index (χ2n) is 8.58. The number of carbonyl (C=O) groups excluding carboxylic acids is 2. The van der Waals surface area contributed by atoms with Crippen molar-refractivity contribution < 1.29 is 14.3 Å². The maximum absolute atomic E-state index is 13.3. The summed E-state index contributed by atoms with van der Waals surface area (Å²) in [7, 11) is 1.62. The first-order chi connectivity index (χ1) is 16.4. The average molecular weight is 524 g/mol. The van der Waals surface area contributed by atoms with Gasteiger partial charge in [0.1, 0.15) is 11.8 Å². The van der Waals surface area contributed by atoms with E-state index in [1.54, 1.807) is 37.1 Å². The molecule has 1 atom stereocenters. The number of ether oxygens (including phenoxy) is 1. The van der Waals surface area contributed by atoms with Crippen molar-refractivity contribution >= 4 is 46.8 Å². The van der Waals surface area contributed by atoms with Crippen LogP contribution in [-0.4, -0.2) is 41.7 Å². The minimum atomic E-state index is -0.582. The SMILES string of the molecule is COc1ccc(CN(C(=O)CSCc2c(Cl)cccc2Cl)C(C)C(=O)NC2CCCCC2)cc1. The van der Waals surface area contributed by atoms with Gasteiger partial charge in [-0.1, -0.05) is 60.7 Å². The Balaban J connectivity index is 1.68. The van der Waals surface area contributed by atoms with Crippen LogP contribution in [0.3, 0.4) is 0 Å². The quantitative estimate of drug-likeness (QED) is 0.409. The van der Waals surface area contributed by atoms with Crippen LogP contribution < -0.4 is 10.1 Å². The summed E-state index contributed by atoms with van der Waals surface area (Å²) in [4.78, 5) is 28.0. The first kappa shape index (κ1) is 26.7. The van der Waals surface area contributed by atoms with Gasteiger partial charge in [-0.3, -0.25) is 9.59 Å². The molecule has 0 saturated heterocycles. The number of carbonyl (C=O) groups is 2. The van der Waals surface area contributed by atoms with Crippen molar-refractivity contribution in [2.75, 3.05) is 12.9 Å². The molecule has 1 unspecified atom stereocenters. The minimum absolute atomic E-state index is 0.102. The van der Waals surface area contributed by atoms with Gasteiger partial charge >= 0.3 is 0 Å². The number of benzene rings is 2. The lowest BCUT2D eigenvalue weighted by Crippen LogP contribution is -2.50. The van der Waals surface area contributed by atoms with E-state index >= 15 is 0 Å². The topological polar surface area (TPSA) is 58.6 Å². The second-order valence-corrected chi connectivity index (χ2v) is 10.4. The maximum Gasteiger partial charge on any atom is 0.242 e. The van der Waals surface area contributed by atoms with Gasteiger partial charge in [0.15, 0.2) is 0 Å². The minimum Gasteiger partial charge on any atom is -0.497 e. The lowest BCUT2D eigenvalue weighted by Gasteiger charge is -2.31. The number of rotatable bonds is 10. The van der Waals surface area contributed by atoms with Crippen molar-refractivity contribution in [2.24, 2.45) is 0 Å². The summed E-state index contributed by atoms with van der Waals surface area (Å²) in [6.07, 6.45) is 5.49. The molecule has 0 bridgehead atoms. The average Bonchev–Trinajstić information content (AvgIpc) is 2.84. The van der Waals surface area contributed by atoms with Crippen LogP contribution in [0.25, 0.3) is 0 Å². The lowest BCUT2D eigenvalue weighted by atomic mass is 9.95. The zero-order valence-electron chi connectivity index (χ0n) is 19.7. The second kappa shape index (κ2) is 13.3. The summed E-state index contributed by atoms with van der Waals surface area (Å²) in [5, 5.41) is 4.33. The van der Waals surface area contributed by atoms with Crippen LogP contribution in [0.1, 0.15) is 50.2 Å². The first-order valence-corrected chi connectivity index (χ1v) is 13.5. The number of amides is 2. The molecule has 0 aromatic heterocycles. The van der Waals surface area contributed by atoms with E-state index in [-0.39, 0.29) is 23.6 Å². The van der Waals surface area contributed by atoms with Crippen LogP contribution in [0, 0.1) is 0 Å². The van der Waals surface area contributed by atoms with Crippen LogP contribution in [0.5, 0.6) is 5.75 Å². The Bertz CT molecular complexity index is 945. The van der Waals surface area contributed by atoms with Crippen molar-refractivity contribution in [1.82, 2.24) is 10.2 Å². The molecule has 1 aliphatic rings. The molecular weight excluding hydrogens is 491 g/mol. The van der Waals surface area contributed by atoms with E-state index in [4.69, 9.17) is 27.9 Å². The van der Waals surface area contributed by atoms with Gasteiger partial charge in [0.25, 0.3) is 0 Å². The van der Waals surface area contributed by atoms with Crippen molar-refractivity contribution in [1.29, 1.82) is 0 Å². The molecule has 0 spiro atoms. The van der Waals surface area contributed by atoms with Gasteiger partial charge in [0.2, 0.25) is 11.8 Å². The molecule has 1 saturated carbocycles. The Hall–Kier alpha value is -1.89. The third-order valence-electron chi connectivity index (χ3n) is 6.16. The Morgan fingerprint density at radius 3 is 2.35 bits per heavy atom. The molecule has 8 heteroatoms. The molecule has 1 N–H and O–H groups in total. The number of hydrogen-bond donors (Lipinski definition) is 1. The lowest BCUT2D eigenvalue weighted by molar-refractivity contribution is -0.139. The summed E-state index contributed by atoms with van der Waals surface area (Å²) < 4.78 is 5.24. The number of halogens is 2. The Morgan fingerprint density at radius 2 is 1.74 bits per heavy atom. The fraction of sp³-hybridized carbons (Fsp3) is 0.462. The van der Waals surface area contributed by atoms with Crippen LogP contribution in [0.4, 0.5) is 0 Å². The highest BCUT2D eigenvalue weighted by atomic mass is 35.5. The van der Waals surface area contributed by atoms with E-state index in [0.717, 1.165) is 42.6 Å². The van der Waals surface area contributed by atoms with Crippen molar-refractivity contribution in [2.45, 2.75) is 63.4 Å². The van der Waals surface area contributed by atoms with Crippen molar-refractivity contribution in [3.05, 3.63) is 63.6 Å². The van der Waals surface area contributed by atoms with E-state index in [0.29, 0.717) is 22.3 Å². The molecule has 5 nitrogen and oxygen atoms in total. The van der Waals surface area contributed by atoms with Crippen molar-refractivity contribution in [3.63, 3.8) is 0 Å². The molecule has 3 rings (SSSR count). The summed E-state index contributed by atoms with van der Waals surface area (Å²) >= 11 is 14.0. The molecule has 184 valence electrons. The molecule has 0 aliphatic heterocycles. The van der Waals surface area contributed by atoms with Gasteiger partial charge in [-0.05, 0) is 55.2 Å². The number of thioether (sulfide) groups is 1. The first-order valence-electron chi connectivity index (χ1n) is 11.6. The van der Waals surface area contributed by atoms with Crippen LogP contribution in [-0.2, 0) is 21.9 Å².